The van der Waals surface area contributed by atoms with Crippen LogP contribution in [-0.4, -0.2) is 44.3 Å². The number of anilines is 1. The van der Waals surface area contributed by atoms with E-state index in [2.05, 4.69) is 5.32 Å². The summed E-state index contributed by atoms with van der Waals surface area (Å²) in [6, 6.07) is 27.6. The fourth-order valence-corrected chi connectivity index (χ4v) is 6.56. The van der Waals surface area contributed by atoms with Crippen LogP contribution in [0, 0.1) is 19.7 Å². The summed E-state index contributed by atoms with van der Waals surface area (Å²) in [5.74, 6) is -1.33. The Bertz CT molecular complexity index is 1680. The van der Waals surface area contributed by atoms with E-state index in [1.807, 2.05) is 56.3 Å². The van der Waals surface area contributed by atoms with Crippen molar-refractivity contribution in [2.24, 2.45) is 0 Å². The van der Waals surface area contributed by atoms with Gasteiger partial charge in [0.05, 0.1) is 10.6 Å². The fraction of sp³-hybridized carbons (Fsp3) is 0.278. The van der Waals surface area contributed by atoms with E-state index in [1.54, 1.807) is 43.3 Å². The molecule has 0 bridgehead atoms. The van der Waals surface area contributed by atoms with Crippen molar-refractivity contribution < 1.29 is 22.4 Å². The lowest BCUT2D eigenvalue weighted by atomic mass is 10.0. The normalized spacial score (nSPS) is 11.9. The summed E-state index contributed by atoms with van der Waals surface area (Å²) in [6.07, 6.45) is 1.86. The number of benzene rings is 4. The molecule has 0 aliphatic rings. The number of aryl methyl sites for hydroxylation is 2. The van der Waals surface area contributed by atoms with Crippen LogP contribution < -0.4 is 9.62 Å². The molecule has 0 fully saturated rings. The first-order chi connectivity index (χ1) is 21.6. The van der Waals surface area contributed by atoms with Crippen LogP contribution >= 0.6 is 0 Å². The third-order valence-corrected chi connectivity index (χ3v) is 9.38. The molecule has 2 amide bonds. The van der Waals surface area contributed by atoms with Gasteiger partial charge in [0.2, 0.25) is 11.8 Å². The fourth-order valence-electron chi connectivity index (χ4n) is 5.07. The van der Waals surface area contributed by atoms with Gasteiger partial charge in [-0.15, -0.1) is 0 Å². The minimum absolute atomic E-state index is 0.0240. The SMILES string of the molecule is CCCCNC(=O)C(Cc1ccccc1)N(Cc1ccc(F)cc1)C(=O)CN(c1cc(C)ccc1C)S(=O)(=O)c1ccccc1. The van der Waals surface area contributed by atoms with Gasteiger partial charge in [-0.1, -0.05) is 86.1 Å². The van der Waals surface area contributed by atoms with Crippen LogP contribution in [0.2, 0.25) is 0 Å². The van der Waals surface area contributed by atoms with Crippen LogP contribution in [0.3, 0.4) is 0 Å². The van der Waals surface area contributed by atoms with Crippen molar-refractivity contribution in [2.75, 3.05) is 17.4 Å². The first kappa shape index (κ1) is 33.4. The predicted octanol–water partition coefficient (Wildman–Crippen LogP) is 6.19. The zero-order valence-electron chi connectivity index (χ0n) is 25.9. The van der Waals surface area contributed by atoms with Crippen molar-refractivity contribution in [2.45, 2.75) is 57.5 Å². The van der Waals surface area contributed by atoms with Crippen LogP contribution in [0.25, 0.3) is 0 Å². The van der Waals surface area contributed by atoms with Gasteiger partial charge in [-0.3, -0.25) is 13.9 Å². The standard InChI is InChI=1S/C36H40FN3O4S/c1-4-5-22-38-36(42)34(24-29-12-8-6-9-13-29)39(25-30-18-20-31(37)21-19-30)35(41)26-40(33-23-27(2)16-17-28(33)3)45(43,44)32-14-10-7-11-15-32/h6-21,23,34H,4-5,22,24-26H2,1-3H3,(H,38,42). The first-order valence-corrected chi connectivity index (χ1v) is 16.5. The Morgan fingerprint density at radius 1 is 0.844 bits per heavy atom. The zero-order valence-corrected chi connectivity index (χ0v) is 26.8. The van der Waals surface area contributed by atoms with Gasteiger partial charge in [-0.25, -0.2) is 12.8 Å². The second-order valence-electron chi connectivity index (χ2n) is 11.1. The van der Waals surface area contributed by atoms with Gasteiger partial charge in [-0.05, 0) is 72.9 Å². The molecular formula is C36H40FN3O4S. The van der Waals surface area contributed by atoms with Gasteiger partial charge >= 0.3 is 0 Å². The van der Waals surface area contributed by atoms with Gasteiger partial charge in [0.25, 0.3) is 10.0 Å². The highest BCUT2D eigenvalue weighted by Gasteiger charge is 2.35. The molecule has 0 radical (unpaired) electrons. The molecule has 0 aromatic heterocycles. The first-order valence-electron chi connectivity index (χ1n) is 15.1. The number of carbonyl (C=O) groups is 2. The Balaban J connectivity index is 1.81. The highest BCUT2D eigenvalue weighted by atomic mass is 32.2. The second-order valence-corrected chi connectivity index (χ2v) is 13.0. The third-order valence-electron chi connectivity index (χ3n) is 7.61. The number of hydrogen-bond donors (Lipinski definition) is 1. The van der Waals surface area contributed by atoms with E-state index in [4.69, 9.17) is 0 Å². The number of amides is 2. The molecule has 1 atom stereocenters. The number of halogens is 1. The second kappa shape index (κ2) is 15.5. The van der Waals surface area contributed by atoms with Crippen molar-refractivity contribution in [3.05, 3.63) is 131 Å². The largest absolute Gasteiger partial charge is 0.354 e. The van der Waals surface area contributed by atoms with Crippen molar-refractivity contribution in [3.8, 4) is 0 Å². The molecule has 0 saturated carbocycles. The topological polar surface area (TPSA) is 86.8 Å². The lowest BCUT2D eigenvalue weighted by Crippen LogP contribution is -2.53. The molecule has 4 aromatic rings. The van der Waals surface area contributed by atoms with Crippen LogP contribution in [0.5, 0.6) is 0 Å². The predicted molar refractivity (Wildman–Crippen MR) is 176 cm³/mol. The van der Waals surface area contributed by atoms with E-state index in [1.165, 1.54) is 29.2 Å². The highest BCUT2D eigenvalue weighted by Crippen LogP contribution is 2.29. The molecule has 7 nitrogen and oxygen atoms in total. The maximum absolute atomic E-state index is 14.5. The summed E-state index contributed by atoms with van der Waals surface area (Å²) in [5.41, 5.74) is 3.33. The lowest BCUT2D eigenvalue weighted by molar-refractivity contribution is -0.140. The smallest absolute Gasteiger partial charge is 0.264 e. The minimum Gasteiger partial charge on any atom is -0.354 e. The Labute approximate surface area is 265 Å². The van der Waals surface area contributed by atoms with Gasteiger partial charge in [0, 0.05) is 19.5 Å². The van der Waals surface area contributed by atoms with Gasteiger partial charge in [0.1, 0.15) is 18.4 Å². The molecule has 4 rings (SSSR count). The maximum Gasteiger partial charge on any atom is 0.264 e. The molecule has 0 saturated heterocycles. The summed E-state index contributed by atoms with van der Waals surface area (Å²) in [6.45, 7) is 5.54. The van der Waals surface area contributed by atoms with Crippen LogP contribution in [-0.2, 0) is 32.6 Å². The van der Waals surface area contributed by atoms with E-state index >= 15 is 0 Å². The third kappa shape index (κ3) is 8.79. The Morgan fingerprint density at radius 3 is 2.13 bits per heavy atom. The molecule has 0 spiro atoms. The number of unbranched alkanes of at least 4 members (excludes halogenated alkanes) is 1. The molecule has 4 aromatic carbocycles. The van der Waals surface area contributed by atoms with E-state index in [9.17, 15) is 22.4 Å². The van der Waals surface area contributed by atoms with E-state index in [0.29, 0.717) is 23.4 Å². The number of carbonyl (C=O) groups excluding carboxylic acids is 2. The number of rotatable bonds is 14. The van der Waals surface area contributed by atoms with Crippen molar-refractivity contribution in [1.29, 1.82) is 0 Å². The van der Waals surface area contributed by atoms with E-state index in [0.717, 1.165) is 28.3 Å². The summed E-state index contributed by atoms with van der Waals surface area (Å²) >= 11 is 0. The Hall–Kier alpha value is -4.50. The van der Waals surface area contributed by atoms with E-state index < -0.39 is 34.3 Å². The summed E-state index contributed by atoms with van der Waals surface area (Å²) in [5, 5.41) is 2.97. The molecule has 0 aliphatic heterocycles. The Morgan fingerprint density at radius 2 is 1.49 bits per heavy atom. The molecule has 0 aliphatic carbocycles. The quantitative estimate of drug-likeness (QED) is 0.169. The van der Waals surface area contributed by atoms with Crippen LogP contribution in [0.1, 0.15) is 42.0 Å². The summed E-state index contributed by atoms with van der Waals surface area (Å²) < 4.78 is 43.3. The maximum atomic E-state index is 14.5. The molecule has 236 valence electrons. The van der Waals surface area contributed by atoms with E-state index in [-0.39, 0.29) is 23.8 Å². The van der Waals surface area contributed by atoms with Crippen molar-refractivity contribution in [3.63, 3.8) is 0 Å². The molecule has 45 heavy (non-hydrogen) atoms. The molecule has 1 N–H and O–H groups in total. The average molecular weight is 630 g/mol. The summed E-state index contributed by atoms with van der Waals surface area (Å²) in [7, 11) is -4.19. The van der Waals surface area contributed by atoms with Crippen molar-refractivity contribution in [1.82, 2.24) is 10.2 Å². The van der Waals surface area contributed by atoms with Gasteiger partial charge in [-0.2, -0.15) is 0 Å². The average Bonchev–Trinajstić information content (AvgIpc) is 3.04. The highest BCUT2D eigenvalue weighted by molar-refractivity contribution is 7.92. The number of nitrogens with one attached hydrogen (secondary N) is 1. The monoisotopic (exact) mass is 629 g/mol. The van der Waals surface area contributed by atoms with Crippen LogP contribution in [0.15, 0.2) is 108 Å². The molecule has 1 unspecified atom stereocenters. The van der Waals surface area contributed by atoms with Crippen LogP contribution in [0.4, 0.5) is 10.1 Å². The molecule has 9 heteroatoms. The van der Waals surface area contributed by atoms with Crippen molar-refractivity contribution >= 4 is 27.5 Å². The van der Waals surface area contributed by atoms with Gasteiger partial charge in [0.15, 0.2) is 0 Å². The zero-order chi connectivity index (χ0) is 32.4. The molecule has 0 heterocycles. The minimum atomic E-state index is -4.19. The summed E-state index contributed by atoms with van der Waals surface area (Å²) in [4.78, 5) is 29.8. The van der Waals surface area contributed by atoms with Gasteiger partial charge < -0.3 is 10.2 Å². The number of sulfonamides is 1. The number of hydrogen-bond acceptors (Lipinski definition) is 4. The Kier molecular flexibility index (Phi) is 11.5. The number of nitrogens with zero attached hydrogens (tertiary/aromatic N) is 2. The molecular weight excluding hydrogens is 589 g/mol. The lowest BCUT2D eigenvalue weighted by Gasteiger charge is -2.34.